The van der Waals surface area contributed by atoms with Gasteiger partial charge in [0.15, 0.2) is 5.82 Å². The minimum Gasteiger partial charge on any atom is -0.340 e. The Bertz CT molecular complexity index is 481. The van der Waals surface area contributed by atoms with Crippen molar-refractivity contribution < 1.29 is 9.32 Å². The molecule has 1 unspecified atom stereocenters. The van der Waals surface area contributed by atoms with Gasteiger partial charge in [0, 0.05) is 38.5 Å². The first-order valence-electron chi connectivity index (χ1n) is 9.00. The molecule has 6 nitrogen and oxygen atoms in total. The molecule has 1 amide bonds. The lowest BCUT2D eigenvalue weighted by Crippen LogP contribution is -2.50. The Hall–Kier alpha value is -1.43. The molecular weight excluding hydrogens is 292 g/mol. The molecule has 0 aromatic carbocycles. The highest BCUT2D eigenvalue weighted by molar-refractivity contribution is 5.78. The molecule has 130 valence electrons. The lowest BCUT2D eigenvalue weighted by Gasteiger charge is -2.35. The van der Waals surface area contributed by atoms with Crippen molar-refractivity contribution >= 4 is 5.91 Å². The van der Waals surface area contributed by atoms with Crippen LogP contribution in [0, 0.1) is 5.92 Å². The van der Waals surface area contributed by atoms with Gasteiger partial charge in [-0.3, -0.25) is 9.69 Å². The Labute approximate surface area is 139 Å². The first-order chi connectivity index (χ1) is 11.2. The molecule has 1 aromatic heterocycles. The average molecular weight is 322 g/mol. The van der Waals surface area contributed by atoms with E-state index in [0.29, 0.717) is 18.3 Å². The number of carbonyl (C=O) groups excluding carboxylic acids is 1. The van der Waals surface area contributed by atoms with Crippen LogP contribution >= 0.6 is 0 Å². The molecule has 1 aliphatic rings. The number of nitrogens with zero attached hydrogens (tertiary/aromatic N) is 4. The zero-order valence-electron chi connectivity index (χ0n) is 14.8. The van der Waals surface area contributed by atoms with Crippen LogP contribution in [0.3, 0.4) is 0 Å². The average Bonchev–Trinajstić information content (AvgIpc) is 3.03. The first-order valence-corrected chi connectivity index (χ1v) is 9.00. The summed E-state index contributed by atoms with van der Waals surface area (Å²) < 4.78 is 5.15. The molecule has 0 aliphatic carbocycles. The number of aromatic nitrogens is 2. The molecule has 1 saturated heterocycles. The largest absolute Gasteiger partial charge is 0.340 e. The fourth-order valence-electron chi connectivity index (χ4n) is 3.04. The predicted octanol–water partition coefficient (Wildman–Crippen LogP) is 2.49. The van der Waals surface area contributed by atoms with Crippen molar-refractivity contribution in [3.8, 4) is 0 Å². The molecule has 0 spiro atoms. The third-order valence-electron chi connectivity index (χ3n) is 4.61. The van der Waals surface area contributed by atoms with Gasteiger partial charge in [0.05, 0.1) is 6.54 Å². The van der Waals surface area contributed by atoms with E-state index in [9.17, 15) is 4.79 Å². The topological polar surface area (TPSA) is 62.5 Å². The maximum absolute atomic E-state index is 12.6. The van der Waals surface area contributed by atoms with E-state index >= 15 is 0 Å². The number of aryl methyl sites for hydroxylation is 1. The monoisotopic (exact) mass is 322 g/mol. The van der Waals surface area contributed by atoms with Crippen LogP contribution in [0.2, 0.25) is 0 Å². The van der Waals surface area contributed by atoms with E-state index in [2.05, 4.69) is 28.9 Å². The minimum atomic E-state index is 0.200. The normalized spacial score (nSPS) is 17.4. The van der Waals surface area contributed by atoms with Crippen molar-refractivity contribution in [3.63, 3.8) is 0 Å². The van der Waals surface area contributed by atoms with Gasteiger partial charge in [-0.1, -0.05) is 38.8 Å². The SMILES string of the molecule is CCCCC(CC)C(=O)N1CCN(Cc2noc(CC)n2)CC1. The second-order valence-corrected chi connectivity index (χ2v) is 6.31. The molecule has 23 heavy (non-hydrogen) atoms. The Morgan fingerprint density at radius 2 is 1.96 bits per heavy atom. The molecule has 0 radical (unpaired) electrons. The van der Waals surface area contributed by atoms with E-state index in [1.54, 1.807) is 0 Å². The lowest BCUT2D eigenvalue weighted by atomic mass is 9.97. The van der Waals surface area contributed by atoms with Crippen molar-refractivity contribution in [2.45, 2.75) is 59.4 Å². The van der Waals surface area contributed by atoms with Gasteiger partial charge in [-0.2, -0.15) is 4.98 Å². The standard InChI is InChI=1S/C17H30N4O2/c1-4-7-8-14(5-2)17(22)21-11-9-20(10-12-21)13-15-18-16(6-3)23-19-15/h14H,4-13H2,1-3H3. The van der Waals surface area contributed by atoms with E-state index in [4.69, 9.17) is 4.52 Å². The van der Waals surface area contributed by atoms with Crippen LogP contribution in [0.25, 0.3) is 0 Å². The first kappa shape index (κ1) is 17.9. The Kier molecular flexibility index (Phi) is 7.02. The highest BCUT2D eigenvalue weighted by Gasteiger charge is 2.26. The van der Waals surface area contributed by atoms with Gasteiger partial charge in [-0.15, -0.1) is 0 Å². The van der Waals surface area contributed by atoms with E-state index in [1.165, 1.54) is 0 Å². The summed E-state index contributed by atoms with van der Waals surface area (Å²) in [6.45, 7) is 10.4. The summed E-state index contributed by atoms with van der Waals surface area (Å²) in [7, 11) is 0. The summed E-state index contributed by atoms with van der Waals surface area (Å²) in [4.78, 5) is 21.3. The second kappa shape index (κ2) is 9.01. The van der Waals surface area contributed by atoms with Crippen LogP contribution in [0.5, 0.6) is 0 Å². The van der Waals surface area contributed by atoms with Gasteiger partial charge in [0.1, 0.15) is 0 Å². The number of hydrogen-bond donors (Lipinski definition) is 0. The van der Waals surface area contributed by atoms with Crippen molar-refractivity contribution in [1.82, 2.24) is 19.9 Å². The Balaban J connectivity index is 1.79. The summed E-state index contributed by atoms with van der Waals surface area (Å²) in [6, 6.07) is 0. The van der Waals surface area contributed by atoms with Crippen LogP contribution in [0.15, 0.2) is 4.52 Å². The van der Waals surface area contributed by atoms with Gasteiger partial charge in [0.2, 0.25) is 11.8 Å². The van der Waals surface area contributed by atoms with Crippen LogP contribution in [-0.2, 0) is 17.8 Å². The summed E-state index contributed by atoms with van der Waals surface area (Å²) in [5, 5.41) is 4.00. The lowest BCUT2D eigenvalue weighted by molar-refractivity contribution is -0.137. The fourth-order valence-corrected chi connectivity index (χ4v) is 3.04. The summed E-state index contributed by atoms with van der Waals surface area (Å²) in [5.41, 5.74) is 0. The highest BCUT2D eigenvalue weighted by Crippen LogP contribution is 2.17. The second-order valence-electron chi connectivity index (χ2n) is 6.31. The van der Waals surface area contributed by atoms with Crippen molar-refractivity contribution in [2.75, 3.05) is 26.2 Å². The van der Waals surface area contributed by atoms with Gasteiger partial charge in [-0.25, -0.2) is 0 Å². The molecule has 1 fully saturated rings. The number of rotatable bonds is 8. The van der Waals surface area contributed by atoms with E-state index in [0.717, 1.165) is 64.1 Å². The fraction of sp³-hybridized carbons (Fsp3) is 0.824. The van der Waals surface area contributed by atoms with Crippen LogP contribution in [0.1, 0.15) is 58.2 Å². The van der Waals surface area contributed by atoms with Crippen molar-refractivity contribution in [1.29, 1.82) is 0 Å². The third kappa shape index (κ3) is 5.03. The number of unbranched alkanes of at least 4 members (excludes halogenated alkanes) is 1. The molecule has 1 aliphatic heterocycles. The summed E-state index contributed by atoms with van der Waals surface area (Å²) in [6.07, 6.45) is 5.03. The summed E-state index contributed by atoms with van der Waals surface area (Å²) in [5.74, 6) is 1.98. The number of piperazine rings is 1. The van der Waals surface area contributed by atoms with Crippen LogP contribution in [0.4, 0.5) is 0 Å². The Morgan fingerprint density at radius 3 is 2.52 bits per heavy atom. The molecular formula is C17H30N4O2. The molecule has 0 bridgehead atoms. The smallest absolute Gasteiger partial charge is 0.226 e. The molecule has 1 aromatic rings. The van der Waals surface area contributed by atoms with Crippen LogP contribution < -0.4 is 0 Å². The van der Waals surface area contributed by atoms with Crippen LogP contribution in [-0.4, -0.2) is 52.0 Å². The predicted molar refractivity (Wildman–Crippen MR) is 88.8 cm³/mol. The van der Waals surface area contributed by atoms with E-state index in [1.807, 2.05) is 11.8 Å². The minimum absolute atomic E-state index is 0.200. The van der Waals surface area contributed by atoms with Gasteiger partial charge in [0.25, 0.3) is 0 Å². The zero-order chi connectivity index (χ0) is 16.7. The Morgan fingerprint density at radius 1 is 1.22 bits per heavy atom. The van der Waals surface area contributed by atoms with Gasteiger partial charge >= 0.3 is 0 Å². The molecule has 0 saturated carbocycles. The number of amides is 1. The van der Waals surface area contributed by atoms with E-state index < -0.39 is 0 Å². The van der Waals surface area contributed by atoms with Crippen molar-refractivity contribution in [2.24, 2.45) is 5.92 Å². The van der Waals surface area contributed by atoms with Gasteiger partial charge in [-0.05, 0) is 12.8 Å². The maximum atomic E-state index is 12.6. The molecule has 2 heterocycles. The molecule has 1 atom stereocenters. The number of hydrogen-bond acceptors (Lipinski definition) is 5. The quantitative estimate of drug-likeness (QED) is 0.736. The van der Waals surface area contributed by atoms with E-state index in [-0.39, 0.29) is 5.92 Å². The zero-order valence-corrected chi connectivity index (χ0v) is 14.8. The maximum Gasteiger partial charge on any atom is 0.226 e. The molecule has 0 N–H and O–H groups in total. The highest BCUT2D eigenvalue weighted by atomic mass is 16.5. The molecule has 2 rings (SSSR count). The number of carbonyl (C=O) groups is 1. The van der Waals surface area contributed by atoms with Crippen molar-refractivity contribution in [3.05, 3.63) is 11.7 Å². The third-order valence-corrected chi connectivity index (χ3v) is 4.61. The summed E-state index contributed by atoms with van der Waals surface area (Å²) >= 11 is 0. The molecule has 6 heteroatoms. The van der Waals surface area contributed by atoms with Gasteiger partial charge < -0.3 is 9.42 Å².